The van der Waals surface area contributed by atoms with Crippen LogP contribution in [-0.2, 0) is 19.1 Å². The quantitative estimate of drug-likeness (QED) is 0.291. The van der Waals surface area contributed by atoms with Crippen molar-refractivity contribution in [3.63, 3.8) is 0 Å². The number of phenolic OH excluding ortho intramolecular Hbond substituents is 1. The van der Waals surface area contributed by atoms with Crippen molar-refractivity contribution in [3.8, 4) is 11.5 Å². The van der Waals surface area contributed by atoms with Gasteiger partial charge in [0.05, 0.1) is 20.1 Å². The van der Waals surface area contributed by atoms with Crippen LogP contribution in [0.5, 0.6) is 11.5 Å². The molecule has 2 rings (SSSR count). The van der Waals surface area contributed by atoms with Crippen LogP contribution in [0, 0.1) is 0 Å². The van der Waals surface area contributed by atoms with E-state index in [-0.39, 0.29) is 17.9 Å². The molecule has 0 saturated heterocycles. The number of nitrogens with zero attached hydrogens (tertiary/aromatic N) is 1. The van der Waals surface area contributed by atoms with Gasteiger partial charge in [-0.3, -0.25) is 14.4 Å². The van der Waals surface area contributed by atoms with Gasteiger partial charge in [-0.05, 0) is 62.7 Å². The number of nitrogens with two attached hydrogens (primary N) is 1. The van der Waals surface area contributed by atoms with Crippen LogP contribution >= 0.6 is 0 Å². The zero-order valence-corrected chi connectivity index (χ0v) is 21.8. The molecule has 2 atom stereocenters. The predicted molar refractivity (Wildman–Crippen MR) is 138 cm³/mol. The van der Waals surface area contributed by atoms with Gasteiger partial charge in [0.1, 0.15) is 29.2 Å². The summed E-state index contributed by atoms with van der Waals surface area (Å²) in [6.45, 7) is 3.97. The number of primary amides is 1. The van der Waals surface area contributed by atoms with Crippen LogP contribution in [0.25, 0.3) is 0 Å². The van der Waals surface area contributed by atoms with E-state index in [1.54, 1.807) is 45.0 Å². The van der Waals surface area contributed by atoms with Gasteiger partial charge in [-0.2, -0.15) is 0 Å². The summed E-state index contributed by atoms with van der Waals surface area (Å²) in [5, 5.41) is 24.9. The number of phenols is 1. The van der Waals surface area contributed by atoms with Crippen molar-refractivity contribution in [2.75, 3.05) is 25.6 Å². The molecule has 0 heterocycles. The van der Waals surface area contributed by atoms with Gasteiger partial charge >= 0.3 is 6.09 Å². The molecule has 0 saturated carbocycles. The Morgan fingerprint density at radius 2 is 1.74 bits per heavy atom. The number of hydrogen-bond donors (Lipinski definition) is 5. The maximum absolute atomic E-state index is 13.7. The number of amides is 4. The van der Waals surface area contributed by atoms with Crippen molar-refractivity contribution in [2.24, 2.45) is 5.73 Å². The molecule has 0 aliphatic rings. The number of rotatable bonds is 11. The van der Waals surface area contributed by atoms with Gasteiger partial charge in [0.2, 0.25) is 11.8 Å². The standard InChI is InChI=1S/C26H34N4O8/c1-26(2,3)38-25(36)29-20(15-21(27)33)24(35)30(12-13-31)22(16-6-5-7-18(32)14-16)23(34)28-17-8-10-19(37-4)11-9-17/h5-11,14,20,22,31-32H,12-13,15H2,1-4H3,(H2,27,33)(H,28,34)(H,29,36). The molecule has 0 radical (unpaired) electrons. The number of aliphatic hydroxyl groups is 1. The second-order valence-electron chi connectivity index (χ2n) is 9.34. The molecule has 2 unspecified atom stereocenters. The highest BCUT2D eigenvalue weighted by Crippen LogP contribution is 2.27. The maximum Gasteiger partial charge on any atom is 0.408 e. The minimum absolute atomic E-state index is 0.165. The fourth-order valence-electron chi connectivity index (χ4n) is 3.58. The van der Waals surface area contributed by atoms with Gasteiger partial charge in [0.25, 0.3) is 5.91 Å². The molecule has 0 aromatic heterocycles. The molecule has 0 bridgehead atoms. The lowest BCUT2D eigenvalue weighted by atomic mass is 10.0. The van der Waals surface area contributed by atoms with Gasteiger partial charge in [0, 0.05) is 12.2 Å². The van der Waals surface area contributed by atoms with E-state index in [1.807, 2.05) is 0 Å². The highest BCUT2D eigenvalue weighted by atomic mass is 16.6. The first-order valence-corrected chi connectivity index (χ1v) is 11.8. The summed E-state index contributed by atoms with van der Waals surface area (Å²) in [7, 11) is 1.50. The molecule has 206 valence electrons. The van der Waals surface area contributed by atoms with Crippen LogP contribution in [0.4, 0.5) is 10.5 Å². The topological polar surface area (TPSA) is 181 Å². The lowest BCUT2D eigenvalue weighted by Crippen LogP contribution is -2.54. The molecule has 0 aliphatic carbocycles. The summed E-state index contributed by atoms with van der Waals surface area (Å²) in [6.07, 6.45) is -1.56. The number of methoxy groups -OCH3 is 1. The number of carbonyl (C=O) groups excluding carboxylic acids is 4. The first-order chi connectivity index (χ1) is 17.8. The molecule has 12 nitrogen and oxygen atoms in total. The third-order valence-corrected chi connectivity index (χ3v) is 5.12. The Bertz CT molecular complexity index is 1130. The molecule has 0 spiro atoms. The van der Waals surface area contributed by atoms with Crippen molar-refractivity contribution >= 4 is 29.5 Å². The van der Waals surface area contributed by atoms with Gasteiger partial charge < -0.3 is 41.0 Å². The van der Waals surface area contributed by atoms with Crippen LogP contribution in [0.15, 0.2) is 48.5 Å². The fourth-order valence-corrected chi connectivity index (χ4v) is 3.58. The van der Waals surface area contributed by atoms with E-state index >= 15 is 0 Å². The average molecular weight is 531 g/mol. The van der Waals surface area contributed by atoms with E-state index < -0.39 is 54.5 Å². The monoisotopic (exact) mass is 530 g/mol. The van der Waals surface area contributed by atoms with Crippen molar-refractivity contribution in [2.45, 2.75) is 44.9 Å². The molecule has 38 heavy (non-hydrogen) atoms. The van der Waals surface area contributed by atoms with Crippen LogP contribution in [0.1, 0.15) is 38.8 Å². The Morgan fingerprint density at radius 1 is 1.08 bits per heavy atom. The maximum atomic E-state index is 13.7. The highest BCUT2D eigenvalue weighted by molar-refractivity contribution is 5.99. The third-order valence-electron chi connectivity index (χ3n) is 5.12. The normalized spacial score (nSPS) is 12.6. The summed E-state index contributed by atoms with van der Waals surface area (Å²) in [4.78, 5) is 52.4. The fraction of sp³-hybridized carbons (Fsp3) is 0.385. The summed E-state index contributed by atoms with van der Waals surface area (Å²) in [5.74, 6) is -2.05. The largest absolute Gasteiger partial charge is 0.508 e. The minimum Gasteiger partial charge on any atom is -0.508 e. The van der Waals surface area contributed by atoms with Gasteiger partial charge in [0.15, 0.2) is 0 Å². The average Bonchev–Trinajstić information content (AvgIpc) is 2.82. The third kappa shape index (κ3) is 8.96. The van der Waals surface area contributed by atoms with Crippen LogP contribution < -0.4 is 21.1 Å². The van der Waals surface area contributed by atoms with E-state index in [0.29, 0.717) is 11.4 Å². The van der Waals surface area contributed by atoms with Gasteiger partial charge in [-0.1, -0.05) is 12.1 Å². The number of anilines is 1. The Morgan fingerprint density at radius 3 is 2.26 bits per heavy atom. The Labute approximate surface area is 220 Å². The van der Waals surface area contributed by atoms with E-state index in [1.165, 1.54) is 31.4 Å². The number of ether oxygens (including phenoxy) is 2. The van der Waals surface area contributed by atoms with Crippen molar-refractivity contribution in [3.05, 3.63) is 54.1 Å². The molecule has 0 fully saturated rings. The lowest BCUT2D eigenvalue weighted by Gasteiger charge is -2.34. The van der Waals surface area contributed by atoms with Crippen molar-refractivity contribution in [1.82, 2.24) is 10.2 Å². The Hall–Kier alpha value is -4.32. The molecular weight excluding hydrogens is 496 g/mol. The molecule has 12 heteroatoms. The number of aliphatic hydroxyl groups excluding tert-OH is 1. The predicted octanol–water partition coefficient (Wildman–Crippen LogP) is 1.67. The molecule has 6 N–H and O–H groups in total. The SMILES string of the molecule is COc1ccc(NC(=O)C(c2cccc(O)c2)N(CCO)C(=O)C(CC(N)=O)NC(=O)OC(C)(C)C)cc1. The number of benzene rings is 2. The van der Waals surface area contributed by atoms with Crippen LogP contribution in [0.2, 0.25) is 0 Å². The van der Waals surface area contributed by atoms with E-state index in [0.717, 1.165) is 4.90 Å². The molecule has 4 amide bonds. The van der Waals surface area contributed by atoms with Gasteiger partial charge in [-0.25, -0.2) is 4.79 Å². The van der Waals surface area contributed by atoms with E-state index in [4.69, 9.17) is 15.2 Å². The first-order valence-electron chi connectivity index (χ1n) is 11.8. The molecule has 0 aliphatic heterocycles. The number of carbonyl (C=O) groups is 4. The number of nitrogens with one attached hydrogen (secondary N) is 2. The van der Waals surface area contributed by atoms with Crippen molar-refractivity contribution < 1.29 is 38.9 Å². The summed E-state index contributed by atoms with van der Waals surface area (Å²) in [6, 6.07) is 9.25. The lowest BCUT2D eigenvalue weighted by molar-refractivity contribution is -0.142. The summed E-state index contributed by atoms with van der Waals surface area (Å²) >= 11 is 0. The molecule has 2 aromatic carbocycles. The smallest absolute Gasteiger partial charge is 0.408 e. The zero-order valence-electron chi connectivity index (χ0n) is 21.8. The molecule has 2 aromatic rings. The number of aromatic hydroxyl groups is 1. The zero-order chi connectivity index (χ0) is 28.5. The second kappa shape index (κ2) is 13.3. The second-order valence-corrected chi connectivity index (χ2v) is 9.34. The Balaban J connectivity index is 2.48. The number of alkyl carbamates (subject to hydrolysis) is 1. The Kier molecular flexibility index (Phi) is 10.5. The van der Waals surface area contributed by atoms with E-state index in [2.05, 4.69) is 10.6 Å². The molecular formula is C26H34N4O8. The summed E-state index contributed by atoms with van der Waals surface area (Å²) in [5.41, 5.74) is 5.04. The first kappa shape index (κ1) is 29.9. The number of hydrogen-bond acceptors (Lipinski definition) is 8. The van der Waals surface area contributed by atoms with E-state index in [9.17, 15) is 29.4 Å². The van der Waals surface area contributed by atoms with Gasteiger partial charge in [-0.15, -0.1) is 0 Å². The van der Waals surface area contributed by atoms with Crippen LogP contribution in [-0.4, -0.2) is 70.8 Å². The van der Waals surface area contributed by atoms with Crippen LogP contribution in [0.3, 0.4) is 0 Å². The highest BCUT2D eigenvalue weighted by Gasteiger charge is 2.37. The minimum atomic E-state index is -1.50. The van der Waals surface area contributed by atoms with Crippen molar-refractivity contribution in [1.29, 1.82) is 0 Å². The summed E-state index contributed by atoms with van der Waals surface area (Å²) < 4.78 is 10.3.